The van der Waals surface area contributed by atoms with Crippen LogP contribution < -0.4 is 0 Å². The Hall–Kier alpha value is -2.14. The summed E-state index contributed by atoms with van der Waals surface area (Å²) >= 11 is 3.45. The zero-order valence-electron chi connectivity index (χ0n) is 11.4. The van der Waals surface area contributed by atoms with E-state index in [-0.39, 0.29) is 11.5 Å². The van der Waals surface area contributed by atoms with Gasteiger partial charge in [-0.15, -0.1) is 0 Å². The molecule has 0 aliphatic heterocycles. The van der Waals surface area contributed by atoms with Gasteiger partial charge in [0.05, 0.1) is 5.56 Å². The maximum atomic E-state index is 12.3. The molecule has 0 fully saturated rings. The van der Waals surface area contributed by atoms with Crippen LogP contribution in [0.4, 0.5) is 0 Å². The predicted octanol–water partition coefficient (Wildman–Crippen LogP) is 3.42. The van der Waals surface area contributed by atoms with Crippen molar-refractivity contribution in [2.24, 2.45) is 0 Å². The first kappa shape index (κ1) is 15.3. The Morgan fingerprint density at radius 2 is 1.62 bits per heavy atom. The summed E-state index contributed by atoms with van der Waals surface area (Å²) < 4.78 is 0.950. The predicted molar refractivity (Wildman–Crippen MR) is 83.3 cm³/mol. The Balaban J connectivity index is 2.12. The fraction of sp³-hybridized carbons (Fsp3) is 0.125. The second kappa shape index (κ2) is 6.54. The molecule has 0 aromatic heterocycles. The Labute approximate surface area is 131 Å². The Morgan fingerprint density at radius 1 is 1.05 bits per heavy atom. The zero-order chi connectivity index (χ0) is 15.4. The van der Waals surface area contributed by atoms with Gasteiger partial charge in [0.1, 0.15) is 0 Å². The first-order valence-corrected chi connectivity index (χ1v) is 7.10. The van der Waals surface area contributed by atoms with Crippen LogP contribution in [-0.2, 0) is 6.54 Å². The summed E-state index contributed by atoms with van der Waals surface area (Å²) in [6.07, 6.45) is 0. The number of carboxylic acids is 1. The molecule has 21 heavy (non-hydrogen) atoms. The first-order chi connectivity index (χ1) is 9.99. The van der Waals surface area contributed by atoms with Crippen molar-refractivity contribution in [1.82, 2.24) is 4.90 Å². The van der Waals surface area contributed by atoms with Crippen molar-refractivity contribution in [3.63, 3.8) is 0 Å². The summed E-state index contributed by atoms with van der Waals surface area (Å²) in [5.41, 5.74) is 1.64. The molecule has 0 aliphatic carbocycles. The van der Waals surface area contributed by atoms with Crippen LogP contribution >= 0.6 is 15.9 Å². The van der Waals surface area contributed by atoms with Crippen LogP contribution in [0.1, 0.15) is 26.3 Å². The summed E-state index contributed by atoms with van der Waals surface area (Å²) in [6, 6.07) is 13.6. The van der Waals surface area contributed by atoms with Gasteiger partial charge in [-0.1, -0.05) is 34.1 Å². The molecule has 2 aromatic rings. The van der Waals surface area contributed by atoms with Crippen LogP contribution in [-0.4, -0.2) is 28.9 Å². The standard InChI is InChI=1S/C16H14BrNO3/c1-18(10-13-4-2-3-5-14(13)17)15(19)11-6-8-12(9-7-11)16(20)21/h2-9H,10H2,1H3,(H,20,21). The van der Waals surface area contributed by atoms with Crippen LogP contribution in [0.5, 0.6) is 0 Å². The summed E-state index contributed by atoms with van der Waals surface area (Å²) in [5, 5.41) is 8.85. The highest BCUT2D eigenvalue weighted by molar-refractivity contribution is 9.10. The number of amides is 1. The van der Waals surface area contributed by atoms with Crippen molar-refractivity contribution in [1.29, 1.82) is 0 Å². The SMILES string of the molecule is CN(Cc1ccccc1Br)C(=O)c1ccc(C(=O)O)cc1. The summed E-state index contributed by atoms with van der Waals surface area (Å²) in [5.74, 6) is -1.15. The molecule has 0 radical (unpaired) electrons. The monoisotopic (exact) mass is 347 g/mol. The molecule has 4 nitrogen and oxygen atoms in total. The number of carbonyl (C=O) groups excluding carboxylic acids is 1. The lowest BCUT2D eigenvalue weighted by atomic mass is 10.1. The van der Waals surface area contributed by atoms with Gasteiger partial charge in [0, 0.05) is 23.6 Å². The number of carboxylic acid groups (broad SMARTS) is 1. The van der Waals surface area contributed by atoms with Gasteiger partial charge >= 0.3 is 5.97 Å². The lowest BCUT2D eigenvalue weighted by molar-refractivity contribution is 0.0695. The number of halogens is 1. The molecule has 0 spiro atoms. The number of rotatable bonds is 4. The van der Waals surface area contributed by atoms with E-state index in [9.17, 15) is 9.59 Å². The number of hydrogen-bond acceptors (Lipinski definition) is 2. The van der Waals surface area contributed by atoms with Gasteiger partial charge in [0.2, 0.25) is 0 Å². The van der Waals surface area contributed by atoms with E-state index in [2.05, 4.69) is 15.9 Å². The highest BCUT2D eigenvalue weighted by Crippen LogP contribution is 2.18. The quantitative estimate of drug-likeness (QED) is 0.921. The van der Waals surface area contributed by atoms with Crippen molar-refractivity contribution in [2.75, 3.05) is 7.05 Å². The molecule has 0 heterocycles. The van der Waals surface area contributed by atoms with Crippen LogP contribution in [0.3, 0.4) is 0 Å². The van der Waals surface area contributed by atoms with Crippen molar-refractivity contribution in [3.05, 3.63) is 69.7 Å². The van der Waals surface area contributed by atoms with Gasteiger partial charge in [-0.05, 0) is 35.9 Å². The number of carbonyl (C=O) groups is 2. The average molecular weight is 348 g/mol. The Kier molecular flexibility index (Phi) is 4.75. The number of hydrogen-bond donors (Lipinski definition) is 1. The van der Waals surface area contributed by atoms with E-state index >= 15 is 0 Å². The summed E-state index contributed by atoms with van der Waals surface area (Å²) in [6.45, 7) is 0.473. The number of aromatic carboxylic acids is 1. The summed E-state index contributed by atoms with van der Waals surface area (Å²) in [7, 11) is 1.72. The van der Waals surface area contributed by atoms with Crippen molar-refractivity contribution in [3.8, 4) is 0 Å². The fourth-order valence-corrected chi connectivity index (χ4v) is 2.34. The molecule has 5 heteroatoms. The molecule has 0 bridgehead atoms. The molecule has 0 saturated heterocycles. The molecule has 0 saturated carbocycles. The van der Waals surface area contributed by atoms with Crippen molar-refractivity contribution in [2.45, 2.75) is 6.54 Å². The highest BCUT2D eigenvalue weighted by atomic mass is 79.9. The Morgan fingerprint density at radius 3 is 2.19 bits per heavy atom. The van der Waals surface area contributed by atoms with Gasteiger partial charge in [0.15, 0.2) is 0 Å². The average Bonchev–Trinajstić information content (AvgIpc) is 2.49. The van der Waals surface area contributed by atoms with Gasteiger partial charge in [0.25, 0.3) is 5.91 Å². The van der Waals surface area contributed by atoms with E-state index in [0.29, 0.717) is 12.1 Å². The van der Waals surface area contributed by atoms with E-state index < -0.39 is 5.97 Å². The van der Waals surface area contributed by atoms with Crippen LogP contribution in [0.2, 0.25) is 0 Å². The maximum absolute atomic E-state index is 12.3. The molecular formula is C16H14BrNO3. The second-order valence-corrected chi connectivity index (χ2v) is 5.49. The van der Waals surface area contributed by atoms with E-state index in [1.165, 1.54) is 24.3 Å². The minimum atomic E-state index is -1.00. The zero-order valence-corrected chi connectivity index (χ0v) is 13.0. The van der Waals surface area contributed by atoms with E-state index in [0.717, 1.165) is 10.0 Å². The second-order valence-electron chi connectivity index (χ2n) is 4.64. The molecule has 0 atom stereocenters. The third kappa shape index (κ3) is 3.70. The largest absolute Gasteiger partial charge is 0.478 e. The molecule has 0 aliphatic rings. The maximum Gasteiger partial charge on any atom is 0.335 e. The lowest BCUT2D eigenvalue weighted by Gasteiger charge is -2.18. The number of benzene rings is 2. The molecule has 2 rings (SSSR count). The normalized spacial score (nSPS) is 10.2. The van der Waals surface area contributed by atoms with E-state index in [4.69, 9.17) is 5.11 Å². The molecule has 1 N–H and O–H groups in total. The first-order valence-electron chi connectivity index (χ1n) is 6.31. The van der Waals surface area contributed by atoms with E-state index in [1.54, 1.807) is 11.9 Å². The molecule has 2 aromatic carbocycles. The Bertz CT molecular complexity index is 667. The number of nitrogens with zero attached hydrogens (tertiary/aromatic N) is 1. The van der Waals surface area contributed by atoms with Crippen molar-refractivity contribution < 1.29 is 14.7 Å². The minimum Gasteiger partial charge on any atom is -0.478 e. The lowest BCUT2D eigenvalue weighted by Crippen LogP contribution is -2.26. The summed E-state index contributed by atoms with van der Waals surface area (Å²) in [4.78, 5) is 24.7. The van der Waals surface area contributed by atoms with Gasteiger partial charge in [-0.25, -0.2) is 4.79 Å². The van der Waals surface area contributed by atoms with Gasteiger partial charge in [-0.3, -0.25) is 4.79 Å². The van der Waals surface area contributed by atoms with Gasteiger partial charge in [-0.2, -0.15) is 0 Å². The van der Waals surface area contributed by atoms with Crippen LogP contribution in [0, 0.1) is 0 Å². The fourth-order valence-electron chi connectivity index (χ4n) is 1.93. The third-order valence-electron chi connectivity index (χ3n) is 3.09. The van der Waals surface area contributed by atoms with Gasteiger partial charge < -0.3 is 10.0 Å². The third-order valence-corrected chi connectivity index (χ3v) is 3.86. The van der Waals surface area contributed by atoms with Crippen LogP contribution in [0.25, 0.3) is 0 Å². The van der Waals surface area contributed by atoms with E-state index in [1.807, 2.05) is 24.3 Å². The topological polar surface area (TPSA) is 57.6 Å². The molecule has 0 unspecified atom stereocenters. The molecule has 108 valence electrons. The molecular weight excluding hydrogens is 334 g/mol. The smallest absolute Gasteiger partial charge is 0.335 e. The van der Waals surface area contributed by atoms with Crippen molar-refractivity contribution >= 4 is 27.8 Å². The van der Waals surface area contributed by atoms with Crippen LogP contribution in [0.15, 0.2) is 53.0 Å². The molecule has 1 amide bonds. The highest BCUT2D eigenvalue weighted by Gasteiger charge is 2.13. The minimum absolute atomic E-state index is 0.150.